The van der Waals surface area contributed by atoms with Crippen molar-refractivity contribution in [3.05, 3.63) is 132 Å². The van der Waals surface area contributed by atoms with E-state index in [-0.39, 0.29) is 12.4 Å². The third kappa shape index (κ3) is 4.35. The predicted octanol–water partition coefficient (Wildman–Crippen LogP) is 7.33. The lowest BCUT2D eigenvalue weighted by molar-refractivity contribution is 0.890. The van der Waals surface area contributed by atoms with E-state index < -0.39 is 4.75 Å². The molecule has 4 heteroatoms. The average Bonchev–Trinajstić information content (AvgIpc) is 2.79. The monoisotopic (exact) mass is 437 g/mol. The highest BCUT2D eigenvalue weighted by molar-refractivity contribution is 8.00. The number of halogens is 2. The fraction of sp³-hybridized carbons (Fsp3) is 0.0800. The first-order valence-corrected chi connectivity index (χ1v) is 10.5. The highest BCUT2D eigenvalue weighted by Gasteiger charge is 2.38. The van der Waals surface area contributed by atoms with Crippen LogP contribution in [0.3, 0.4) is 0 Å². The Morgan fingerprint density at radius 2 is 1.10 bits per heavy atom. The summed E-state index contributed by atoms with van der Waals surface area (Å²) in [4.78, 5) is 5.60. The quantitative estimate of drug-likeness (QED) is 0.178. The van der Waals surface area contributed by atoms with Crippen LogP contribution in [0.1, 0.15) is 22.4 Å². The van der Waals surface area contributed by atoms with Gasteiger partial charge in [0.05, 0.1) is 16.3 Å². The molecule has 0 aliphatic rings. The number of nitrogens with zero attached hydrogens (tertiary/aromatic N) is 1. The Morgan fingerprint density at radius 1 is 0.655 bits per heavy atom. The first-order chi connectivity index (χ1) is 13.8. The van der Waals surface area contributed by atoms with Gasteiger partial charge in [0.1, 0.15) is 0 Å². The molecule has 0 unspecified atom stereocenters. The molecule has 4 aromatic rings. The van der Waals surface area contributed by atoms with Crippen LogP contribution in [0.15, 0.2) is 114 Å². The highest BCUT2D eigenvalue weighted by atomic mass is 35.5. The van der Waals surface area contributed by atoms with Gasteiger partial charge in [-0.1, -0.05) is 91.0 Å². The number of pyridine rings is 1. The number of benzene rings is 3. The lowest BCUT2D eigenvalue weighted by atomic mass is 9.84. The molecule has 0 atom stereocenters. The van der Waals surface area contributed by atoms with Crippen molar-refractivity contribution in [2.24, 2.45) is 0 Å². The Balaban J connectivity index is 0.00000240. The van der Waals surface area contributed by atoms with Gasteiger partial charge in [-0.15, -0.1) is 35.8 Å². The van der Waals surface area contributed by atoms with Crippen molar-refractivity contribution < 1.29 is 0 Å². The summed E-state index contributed by atoms with van der Waals surface area (Å²) in [6.07, 6.45) is 1.80. The largest absolute Gasteiger partial charge is 0.259 e. The minimum Gasteiger partial charge on any atom is -0.259 e. The van der Waals surface area contributed by atoms with Crippen molar-refractivity contribution >= 4 is 35.8 Å². The van der Waals surface area contributed by atoms with Crippen molar-refractivity contribution in [2.75, 3.05) is 0 Å². The van der Waals surface area contributed by atoms with E-state index in [1.807, 2.05) is 6.07 Å². The van der Waals surface area contributed by atoms with Crippen molar-refractivity contribution in [3.8, 4) is 0 Å². The summed E-state index contributed by atoms with van der Waals surface area (Å²) >= 11 is 8.02. The van der Waals surface area contributed by atoms with Gasteiger partial charge in [0.15, 0.2) is 0 Å². The van der Waals surface area contributed by atoms with E-state index in [0.717, 1.165) is 10.6 Å². The smallest absolute Gasteiger partial charge is 0.0954 e. The normalized spacial score (nSPS) is 10.9. The zero-order valence-corrected chi connectivity index (χ0v) is 18.1. The molecule has 3 aromatic carbocycles. The number of thioether (sulfide) groups is 1. The van der Waals surface area contributed by atoms with Gasteiger partial charge >= 0.3 is 0 Å². The molecule has 0 aliphatic heterocycles. The number of rotatable bonds is 6. The Kier molecular flexibility index (Phi) is 7.38. The predicted molar refractivity (Wildman–Crippen MR) is 126 cm³/mol. The maximum Gasteiger partial charge on any atom is 0.0954 e. The van der Waals surface area contributed by atoms with Crippen LogP contribution in [0.25, 0.3) is 0 Å². The Hall–Kier alpha value is -2.26. The summed E-state index contributed by atoms with van der Waals surface area (Å²) in [7, 11) is 0. The van der Waals surface area contributed by atoms with Crippen LogP contribution < -0.4 is 0 Å². The van der Waals surface area contributed by atoms with Crippen molar-refractivity contribution in [2.45, 2.75) is 15.5 Å². The fourth-order valence-corrected chi connectivity index (χ4v) is 5.25. The molecule has 0 saturated heterocycles. The number of aromatic nitrogens is 1. The third-order valence-electron chi connectivity index (χ3n) is 4.78. The van der Waals surface area contributed by atoms with E-state index in [0.29, 0.717) is 5.88 Å². The summed E-state index contributed by atoms with van der Waals surface area (Å²) in [6.45, 7) is 0. The van der Waals surface area contributed by atoms with Crippen molar-refractivity contribution in [3.63, 3.8) is 0 Å². The number of hydrogen-bond acceptors (Lipinski definition) is 2. The second-order valence-corrected chi connectivity index (χ2v) is 7.99. The molecule has 4 rings (SSSR count). The molecule has 0 N–H and O–H groups in total. The molecule has 0 radical (unpaired) electrons. The first-order valence-electron chi connectivity index (χ1n) is 9.20. The summed E-state index contributed by atoms with van der Waals surface area (Å²) < 4.78 is -0.409. The molecule has 1 heterocycles. The third-order valence-corrected chi connectivity index (χ3v) is 6.64. The van der Waals surface area contributed by atoms with Gasteiger partial charge in [0.25, 0.3) is 0 Å². The summed E-state index contributed by atoms with van der Waals surface area (Å²) in [5.41, 5.74) is 4.58. The molecule has 0 aliphatic carbocycles. The first kappa shape index (κ1) is 21.4. The van der Waals surface area contributed by atoms with Gasteiger partial charge in [-0.05, 0) is 28.8 Å². The molecule has 0 fully saturated rings. The lowest BCUT2D eigenvalue weighted by Crippen LogP contribution is -2.25. The molecular formula is C25H21Cl2NS. The zero-order chi connectivity index (χ0) is 19.2. The van der Waals surface area contributed by atoms with Crippen LogP contribution >= 0.6 is 35.8 Å². The summed E-state index contributed by atoms with van der Waals surface area (Å²) in [5, 5.41) is 0. The number of alkyl halides is 1. The molecule has 0 saturated carbocycles. The molecule has 0 bridgehead atoms. The van der Waals surface area contributed by atoms with E-state index in [9.17, 15) is 0 Å². The minimum atomic E-state index is -0.409. The zero-order valence-electron chi connectivity index (χ0n) is 15.7. The van der Waals surface area contributed by atoms with E-state index >= 15 is 0 Å². The Labute approximate surface area is 187 Å². The topological polar surface area (TPSA) is 12.9 Å². The average molecular weight is 438 g/mol. The second-order valence-electron chi connectivity index (χ2n) is 6.46. The van der Waals surface area contributed by atoms with Crippen LogP contribution in [-0.2, 0) is 10.6 Å². The van der Waals surface area contributed by atoms with E-state index in [4.69, 9.17) is 11.6 Å². The van der Waals surface area contributed by atoms with Gasteiger partial charge < -0.3 is 0 Å². The minimum absolute atomic E-state index is 0. The lowest BCUT2D eigenvalue weighted by Gasteiger charge is -2.35. The van der Waals surface area contributed by atoms with Gasteiger partial charge in [-0.3, -0.25) is 4.98 Å². The molecule has 29 heavy (non-hydrogen) atoms. The molecule has 0 spiro atoms. The van der Waals surface area contributed by atoms with E-state index in [2.05, 4.69) is 102 Å². The van der Waals surface area contributed by atoms with Crippen LogP contribution in [-0.4, -0.2) is 4.98 Å². The molecular weight excluding hydrogens is 417 g/mol. The molecule has 146 valence electrons. The fourth-order valence-electron chi connectivity index (χ4n) is 3.48. The maximum atomic E-state index is 6.22. The standard InChI is InChI=1S/C25H20ClNS.ClH/c26-19-23-24(17-10-18-27-23)28-25(20-11-4-1-5-12-20,21-13-6-2-7-14-21)22-15-8-3-9-16-22;/h1-18H,19H2;1H. The van der Waals surface area contributed by atoms with Crippen LogP contribution in [0, 0.1) is 0 Å². The van der Waals surface area contributed by atoms with Crippen molar-refractivity contribution in [1.82, 2.24) is 4.98 Å². The van der Waals surface area contributed by atoms with Crippen LogP contribution in [0.4, 0.5) is 0 Å². The van der Waals surface area contributed by atoms with Crippen LogP contribution in [0.2, 0.25) is 0 Å². The van der Waals surface area contributed by atoms with Crippen molar-refractivity contribution in [1.29, 1.82) is 0 Å². The molecule has 1 aromatic heterocycles. The van der Waals surface area contributed by atoms with E-state index in [1.54, 1.807) is 18.0 Å². The second kappa shape index (κ2) is 9.98. The highest BCUT2D eigenvalue weighted by Crippen LogP contribution is 2.52. The van der Waals surface area contributed by atoms with E-state index in [1.165, 1.54) is 16.7 Å². The summed E-state index contributed by atoms with van der Waals surface area (Å²) in [5.74, 6) is 0.387. The van der Waals surface area contributed by atoms with Gasteiger partial charge in [0, 0.05) is 11.1 Å². The molecule has 0 amide bonds. The van der Waals surface area contributed by atoms with Gasteiger partial charge in [-0.25, -0.2) is 0 Å². The SMILES string of the molecule is Cl.ClCc1ncccc1SC(c1ccccc1)(c1ccccc1)c1ccccc1. The molecule has 1 nitrogen and oxygen atoms in total. The number of hydrogen-bond donors (Lipinski definition) is 0. The van der Waals surface area contributed by atoms with Gasteiger partial charge in [0.2, 0.25) is 0 Å². The van der Waals surface area contributed by atoms with Gasteiger partial charge in [-0.2, -0.15) is 0 Å². The summed E-state index contributed by atoms with van der Waals surface area (Å²) in [6, 6.07) is 36.0. The Morgan fingerprint density at radius 3 is 1.52 bits per heavy atom. The van der Waals surface area contributed by atoms with Crippen LogP contribution in [0.5, 0.6) is 0 Å². The maximum absolute atomic E-state index is 6.22. The Bertz CT molecular complexity index is 927.